The normalized spacial score (nSPS) is 17.4. The third-order valence-corrected chi connectivity index (χ3v) is 5.57. The number of hydrogen-bond acceptors (Lipinski definition) is 6. The predicted octanol–water partition coefficient (Wildman–Crippen LogP) is 3.22. The lowest BCUT2D eigenvalue weighted by molar-refractivity contribution is -0.130. The minimum Gasteiger partial charge on any atom is -0.454 e. The lowest BCUT2D eigenvalue weighted by Gasteiger charge is -2.37. The summed E-state index contributed by atoms with van der Waals surface area (Å²) in [5.41, 5.74) is 1.77. The van der Waals surface area contributed by atoms with Gasteiger partial charge in [0.05, 0.1) is 6.54 Å². The van der Waals surface area contributed by atoms with Gasteiger partial charge in [-0.1, -0.05) is 24.3 Å². The van der Waals surface area contributed by atoms with E-state index in [1.165, 1.54) is 4.90 Å². The Kier molecular flexibility index (Phi) is 6.37. The number of rotatable bonds is 4. The van der Waals surface area contributed by atoms with Crippen molar-refractivity contribution in [1.29, 1.82) is 0 Å². The van der Waals surface area contributed by atoms with Crippen molar-refractivity contribution in [2.75, 3.05) is 12.1 Å². The molecule has 2 aliphatic rings. The number of benzene rings is 2. The first kappa shape index (κ1) is 23.4. The highest BCUT2D eigenvalue weighted by Gasteiger charge is 2.37. The highest BCUT2D eigenvalue weighted by Crippen LogP contribution is 2.34. The van der Waals surface area contributed by atoms with Gasteiger partial charge in [0.2, 0.25) is 18.6 Å². The highest BCUT2D eigenvalue weighted by atomic mass is 16.7. The van der Waals surface area contributed by atoms with E-state index in [0.29, 0.717) is 23.6 Å². The molecule has 9 nitrogen and oxygen atoms in total. The summed E-state index contributed by atoms with van der Waals surface area (Å²) in [4.78, 5) is 40.3. The monoisotopic (exact) mass is 467 g/mol. The molecule has 2 aliphatic heterocycles. The number of anilines is 1. The number of nitrogens with one attached hydrogen (secondary N) is 2. The minimum atomic E-state index is -0.837. The second-order valence-corrected chi connectivity index (χ2v) is 9.38. The van der Waals surface area contributed by atoms with Crippen LogP contribution in [-0.4, -0.2) is 47.3 Å². The van der Waals surface area contributed by atoms with Crippen LogP contribution in [0.2, 0.25) is 0 Å². The van der Waals surface area contributed by atoms with Gasteiger partial charge in [0.15, 0.2) is 11.5 Å². The zero-order chi connectivity index (χ0) is 24.5. The van der Waals surface area contributed by atoms with Crippen molar-refractivity contribution in [3.8, 4) is 11.5 Å². The standard InChI is InChI=1S/C25H29N3O6/c1-15(22(29)27-18-9-10-20-21(12-18)33-14-32-20)26-23(30)19-11-16-7-5-6-8-17(16)13-28(19)24(31)34-25(2,3)4/h5-10,12,15,19H,11,13-14H2,1-4H3,(H,26,30)(H,27,29). The fourth-order valence-corrected chi connectivity index (χ4v) is 3.87. The fraction of sp³-hybridized carbons (Fsp3) is 0.400. The Morgan fingerprint density at radius 1 is 1.06 bits per heavy atom. The number of carbonyl (C=O) groups excluding carboxylic acids is 3. The van der Waals surface area contributed by atoms with Crippen LogP contribution in [0, 0.1) is 0 Å². The zero-order valence-corrected chi connectivity index (χ0v) is 19.7. The molecule has 2 heterocycles. The maximum Gasteiger partial charge on any atom is 0.411 e. The van der Waals surface area contributed by atoms with Crippen LogP contribution in [0.5, 0.6) is 11.5 Å². The van der Waals surface area contributed by atoms with Crippen LogP contribution in [0.25, 0.3) is 0 Å². The first-order valence-corrected chi connectivity index (χ1v) is 11.2. The van der Waals surface area contributed by atoms with Gasteiger partial charge in [-0.05, 0) is 51.0 Å². The summed E-state index contributed by atoms with van der Waals surface area (Å²) in [6.45, 7) is 7.31. The predicted molar refractivity (Wildman–Crippen MR) is 125 cm³/mol. The average Bonchev–Trinajstić information content (AvgIpc) is 3.24. The van der Waals surface area contributed by atoms with Crippen LogP contribution < -0.4 is 20.1 Å². The van der Waals surface area contributed by atoms with Crippen molar-refractivity contribution >= 4 is 23.6 Å². The fourth-order valence-electron chi connectivity index (χ4n) is 3.87. The van der Waals surface area contributed by atoms with Crippen molar-refractivity contribution in [3.63, 3.8) is 0 Å². The van der Waals surface area contributed by atoms with Crippen molar-refractivity contribution in [1.82, 2.24) is 10.2 Å². The molecule has 0 saturated heterocycles. The second kappa shape index (κ2) is 9.24. The molecular formula is C25H29N3O6. The van der Waals surface area contributed by atoms with Gasteiger partial charge in [-0.2, -0.15) is 0 Å². The molecule has 2 unspecified atom stereocenters. The maximum atomic E-state index is 13.2. The Morgan fingerprint density at radius 2 is 1.76 bits per heavy atom. The quantitative estimate of drug-likeness (QED) is 0.715. The van der Waals surface area contributed by atoms with E-state index in [1.807, 2.05) is 24.3 Å². The average molecular weight is 468 g/mol. The summed E-state index contributed by atoms with van der Waals surface area (Å²) < 4.78 is 16.2. The Morgan fingerprint density at radius 3 is 2.50 bits per heavy atom. The molecule has 2 atom stereocenters. The van der Waals surface area contributed by atoms with Crippen LogP contribution in [-0.2, 0) is 27.3 Å². The number of carbonyl (C=O) groups is 3. The molecule has 180 valence electrons. The van der Waals surface area contributed by atoms with E-state index in [2.05, 4.69) is 10.6 Å². The Hall–Kier alpha value is -3.75. The van der Waals surface area contributed by atoms with Gasteiger partial charge in [0.1, 0.15) is 17.7 Å². The Bertz CT molecular complexity index is 1110. The van der Waals surface area contributed by atoms with E-state index in [1.54, 1.807) is 45.9 Å². The minimum absolute atomic E-state index is 0.137. The topological polar surface area (TPSA) is 106 Å². The van der Waals surface area contributed by atoms with E-state index >= 15 is 0 Å². The number of nitrogens with zero attached hydrogens (tertiary/aromatic N) is 1. The molecule has 0 saturated carbocycles. The Balaban J connectivity index is 1.45. The van der Waals surface area contributed by atoms with Gasteiger partial charge in [-0.3, -0.25) is 14.5 Å². The van der Waals surface area contributed by atoms with Crippen molar-refractivity contribution < 1.29 is 28.6 Å². The Labute approximate surface area is 198 Å². The largest absolute Gasteiger partial charge is 0.454 e. The number of hydrogen-bond donors (Lipinski definition) is 2. The summed E-state index contributed by atoms with van der Waals surface area (Å²) in [5.74, 6) is 0.337. The smallest absolute Gasteiger partial charge is 0.411 e. The van der Waals surface area contributed by atoms with Gasteiger partial charge in [-0.15, -0.1) is 0 Å². The second-order valence-electron chi connectivity index (χ2n) is 9.38. The van der Waals surface area contributed by atoms with E-state index < -0.39 is 35.6 Å². The molecule has 2 aromatic carbocycles. The molecule has 0 radical (unpaired) electrons. The summed E-state index contributed by atoms with van der Waals surface area (Å²) in [6.07, 6.45) is -0.239. The molecular weight excluding hydrogens is 438 g/mol. The summed E-state index contributed by atoms with van der Waals surface area (Å²) in [5, 5.41) is 5.51. The van der Waals surface area contributed by atoms with Gasteiger partial charge in [0.25, 0.3) is 0 Å². The van der Waals surface area contributed by atoms with Crippen molar-refractivity contribution in [2.45, 2.75) is 58.3 Å². The number of amides is 3. The molecule has 0 aliphatic carbocycles. The third kappa shape index (κ3) is 5.24. The van der Waals surface area contributed by atoms with E-state index in [9.17, 15) is 14.4 Å². The molecule has 3 amide bonds. The van der Waals surface area contributed by atoms with Crippen LogP contribution in [0.15, 0.2) is 42.5 Å². The van der Waals surface area contributed by atoms with Crippen LogP contribution in [0.3, 0.4) is 0 Å². The number of ether oxygens (including phenoxy) is 3. The molecule has 0 spiro atoms. The van der Waals surface area contributed by atoms with E-state index in [0.717, 1.165) is 11.1 Å². The summed E-state index contributed by atoms with van der Waals surface area (Å²) in [7, 11) is 0. The number of fused-ring (bicyclic) bond motifs is 2. The lowest BCUT2D eigenvalue weighted by atomic mass is 9.93. The van der Waals surface area contributed by atoms with Gasteiger partial charge >= 0.3 is 6.09 Å². The van der Waals surface area contributed by atoms with Crippen LogP contribution in [0.4, 0.5) is 10.5 Å². The SMILES string of the molecule is CC(NC(=O)C1Cc2ccccc2CN1C(=O)OC(C)(C)C)C(=O)Nc1ccc2c(c1)OCO2. The van der Waals surface area contributed by atoms with Crippen LogP contribution in [0.1, 0.15) is 38.8 Å². The summed E-state index contributed by atoms with van der Waals surface area (Å²) in [6, 6.07) is 11.1. The molecule has 0 aromatic heterocycles. The van der Waals surface area contributed by atoms with Crippen LogP contribution >= 0.6 is 0 Å². The molecule has 9 heteroatoms. The molecule has 0 fully saturated rings. The molecule has 2 N–H and O–H groups in total. The van der Waals surface area contributed by atoms with Gasteiger partial charge in [-0.25, -0.2) is 4.79 Å². The highest BCUT2D eigenvalue weighted by molar-refractivity contribution is 5.98. The van der Waals surface area contributed by atoms with Crippen molar-refractivity contribution in [2.24, 2.45) is 0 Å². The van der Waals surface area contributed by atoms with Gasteiger partial charge < -0.3 is 24.8 Å². The molecule has 4 rings (SSSR count). The lowest BCUT2D eigenvalue weighted by Crippen LogP contribution is -2.56. The van der Waals surface area contributed by atoms with E-state index in [4.69, 9.17) is 14.2 Å². The van der Waals surface area contributed by atoms with Crippen molar-refractivity contribution in [3.05, 3.63) is 53.6 Å². The van der Waals surface area contributed by atoms with Gasteiger partial charge in [0, 0.05) is 18.2 Å². The summed E-state index contributed by atoms with van der Waals surface area (Å²) >= 11 is 0. The van der Waals surface area contributed by atoms with E-state index in [-0.39, 0.29) is 13.3 Å². The molecule has 34 heavy (non-hydrogen) atoms. The first-order chi connectivity index (χ1) is 16.1. The first-order valence-electron chi connectivity index (χ1n) is 11.2. The molecule has 0 bridgehead atoms. The molecule has 2 aromatic rings. The maximum absolute atomic E-state index is 13.2. The third-order valence-electron chi connectivity index (χ3n) is 5.57. The zero-order valence-electron chi connectivity index (χ0n) is 19.7.